The molecule has 2 aromatic rings. The molecule has 2 amide bonds. The first-order valence-corrected chi connectivity index (χ1v) is 9.92. The van der Waals surface area contributed by atoms with Gasteiger partial charge in [0.2, 0.25) is 0 Å². The number of hydrogen-bond donors (Lipinski definition) is 3. The van der Waals surface area contributed by atoms with Crippen molar-refractivity contribution >= 4 is 11.8 Å². The first kappa shape index (κ1) is 21.6. The lowest BCUT2D eigenvalue weighted by atomic mass is 9.96. The fourth-order valence-corrected chi connectivity index (χ4v) is 3.22. The Kier molecular flexibility index (Phi) is 8.20. The number of quaternary nitrogens is 1. The number of carbonyl (C=O) groups excluding carboxylic acids is 2. The van der Waals surface area contributed by atoms with Crippen LogP contribution in [0.25, 0.3) is 0 Å². The molecular weight excluding hydrogens is 350 g/mol. The minimum atomic E-state index is -0.160. The Balaban J connectivity index is 1.88. The first-order chi connectivity index (χ1) is 13.5. The van der Waals surface area contributed by atoms with Crippen LogP contribution < -0.4 is 15.5 Å². The quantitative estimate of drug-likeness (QED) is 0.619. The zero-order valence-corrected chi connectivity index (χ0v) is 17.3. The molecule has 5 heteroatoms. The molecule has 0 aliphatic rings. The van der Waals surface area contributed by atoms with Crippen molar-refractivity contribution in [2.45, 2.75) is 38.8 Å². The molecule has 0 aromatic heterocycles. The van der Waals surface area contributed by atoms with Gasteiger partial charge in [0.25, 0.3) is 11.8 Å². The molecule has 0 saturated carbocycles. The van der Waals surface area contributed by atoms with Crippen molar-refractivity contribution < 1.29 is 14.5 Å². The van der Waals surface area contributed by atoms with Crippen molar-refractivity contribution in [2.24, 2.45) is 0 Å². The number of amides is 2. The zero-order chi connectivity index (χ0) is 20.5. The third-order valence-corrected chi connectivity index (χ3v) is 5.35. The summed E-state index contributed by atoms with van der Waals surface area (Å²) in [4.78, 5) is 25.4. The minimum Gasteiger partial charge on any atom is -0.355 e. The minimum absolute atomic E-state index is 0.0638. The van der Waals surface area contributed by atoms with Crippen molar-refractivity contribution in [3.05, 3.63) is 71.3 Å². The maximum Gasteiger partial charge on any atom is 0.278 e. The Morgan fingerprint density at radius 3 is 2.25 bits per heavy atom. The van der Waals surface area contributed by atoms with E-state index in [1.165, 1.54) is 5.56 Å². The summed E-state index contributed by atoms with van der Waals surface area (Å²) in [6.07, 6.45) is 0.985. The molecule has 2 rings (SSSR count). The summed E-state index contributed by atoms with van der Waals surface area (Å²) in [5.41, 5.74) is 3.00. The van der Waals surface area contributed by atoms with Gasteiger partial charge in [-0.3, -0.25) is 9.59 Å². The Bertz CT molecular complexity index is 759. The van der Waals surface area contributed by atoms with Crippen LogP contribution in [0.15, 0.2) is 54.6 Å². The van der Waals surface area contributed by atoms with E-state index in [0.717, 1.165) is 23.4 Å². The van der Waals surface area contributed by atoms with E-state index in [2.05, 4.69) is 29.7 Å². The van der Waals surface area contributed by atoms with E-state index >= 15 is 0 Å². The van der Waals surface area contributed by atoms with Crippen molar-refractivity contribution in [3.63, 3.8) is 0 Å². The molecule has 0 saturated heterocycles. The molecule has 0 fully saturated rings. The largest absolute Gasteiger partial charge is 0.355 e. The van der Waals surface area contributed by atoms with E-state index in [-0.39, 0.29) is 17.9 Å². The smallest absolute Gasteiger partial charge is 0.278 e. The van der Waals surface area contributed by atoms with Crippen LogP contribution in [0.2, 0.25) is 0 Å². The SMILES string of the molecule is CC[C@H](CNC(=O)[C@H](C)[NH+](C)Cc1ccc(C(=O)NC)cc1)c1ccccc1. The molecule has 0 spiro atoms. The molecule has 28 heavy (non-hydrogen) atoms. The van der Waals surface area contributed by atoms with Gasteiger partial charge in [0.15, 0.2) is 6.04 Å². The van der Waals surface area contributed by atoms with Crippen LogP contribution >= 0.6 is 0 Å². The molecule has 0 bridgehead atoms. The molecule has 3 atom stereocenters. The molecule has 2 aromatic carbocycles. The molecular formula is C23H32N3O2+. The lowest BCUT2D eigenvalue weighted by molar-refractivity contribution is -0.908. The molecule has 3 N–H and O–H groups in total. The summed E-state index contributed by atoms with van der Waals surface area (Å²) in [7, 11) is 3.64. The topological polar surface area (TPSA) is 62.6 Å². The highest BCUT2D eigenvalue weighted by molar-refractivity contribution is 5.93. The highest BCUT2D eigenvalue weighted by Crippen LogP contribution is 2.17. The normalized spacial score (nSPS) is 14.0. The second-order valence-electron chi connectivity index (χ2n) is 7.28. The van der Waals surface area contributed by atoms with E-state index in [0.29, 0.717) is 18.0 Å². The molecule has 1 unspecified atom stereocenters. The highest BCUT2D eigenvalue weighted by Gasteiger charge is 2.22. The van der Waals surface area contributed by atoms with Crippen LogP contribution in [0.1, 0.15) is 47.7 Å². The van der Waals surface area contributed by atoms with Gasteiger partial charge in [0, 0.05) is 30.6 Å². The third-order valence-electron chi connectivity index (χ3n) is 5.35. The van der Waals surface area contributed by atoms with Crippen LogP contribution in [0.4, 0.5) is 0 Å². The maximum atomic E-state index is 12.6. The van der Waals surface area contributed by atoms with Crippen molar-refractivity contribution in [2.75, 3.05) is 20.6 Å². The van der Waals surface area contributed by atoms with Gasteiger partial charge in [0.05, 0.1) is 7.05 Å². The summed E-state index contributed by atoms with van der Waals surface area (Å²) in [6.45, 7) is 5.47. The molecule has 0 aliphatic carbocycles. The number of rotatable bonds is 9. The van der Waals surface area contributed by atoms with E-state index < -0.39 is 0 Å². The Hall–Kier alpha value is -2.66. The van der Waals surface area contributed by atoms with Gasteiger partial charge >= 0.3 is 0 Å². The average Bonchev–Trinajstić information content (AvgIpc) is 2.74. The average molecular weight is 383 g/mol. The van der Waals surface area contributed by atoms with Gasteiger partial charge < -0.3 is 15.5 Å². The summed E-state index contributed by atoms with van der Waals surface area (Å²) in [5, 5.41) is 5.73. The molecule has 150 valence electrons. The Morgan fingerprint density at radius 1 is 1.04 bits per heavy atom. The van der Waals surface area contributed by atoms with Gasteiger partial charge in [-0.15, -0.1) is 0 Å². The molecule has 0 aliphatic heterocycles. The fraction of sp³-hybridized carbons (Fsp3) is 0.391. The second kappa shape index (κ2) is 10.6. The predicted octanol–water partition coefficient (Wildman–Crippen LogP) is 1.76. The fourth-order valence-electron chi connectivity index (χ4n) is 3.22. The second-order valence-corrected chi connectivity index (χ2v) is 7.28. The van der Waals surface area contributed by atoms with Crippen molar-refractivity contribution in [1.29, 1.82) is 0 Å². The molecule has 5 nitrogen and oxygen atoms in total. The number of likely N-dealkylation sites (N-methyl/N-ethyl adjacent to an activating group) is 1. The predicted molar refractivity (Wildman–Crippen MR) is 112 cm³/mol. The van der Waals surface area contributed by atoms with Gasteiger partial charge in [-0.05, 0) is 31.0 Å². The zero-order valence-electron chi connectivity index (χ0n) is 17.3. The number of nitrogens with one attached hydrogen (secondary N) is 3. The highest BCUT2D eigenvalue weighted by atomic mass is 16.2. The van der Waals surface area contributed by atoms with E-state index in [1.807, 2.05) is 56.4 Å². The summed E-state index contributed by atoms with van der Waals surface area (Å²) < 4.78 is 0. The van der Waals surface area contributed by atoms with Gasteiger partial charge in [-0.2, -0.15) is 0 Å². The lowest BCUT2D eigenvalue weighted by Crippen LogP contribution is -3.12. The molecule has 0 radical (unpaired) electrons. The standard InChI is InChI=1S/C23H31N3O2/c1-5-19(20-9-7-6-8-10-20)15-25-22(27)17(2)26(4)16-18-11-13-21(14-12-18)23(28)24-3/h6-14,17,19H,5,15-16H2,1-4H3,(H,24,28)(H,25,27)/p+1/t17-,19+/m0/s1. The third kappa shape index (κ3) is 5.92. The van der Waals surface area contributed by atoms with Crippen LogP contribution in [-0.4, -0.2) is 38.5 Å². The Morgan fingerprint density at radius 2 is 1.68 bits per heavy atom. The van der Waals surface area contributed by atoms with Crippen LogP contribution in [0.5, 0.6) is 0 Å². The summed E-state index contributed by atoms with van der Waals surface area (Å²) >= 11 is 0. The van der Waals surface area contributed by atoms with Crippen LogP contribution in [-0.2, 0) is 11.3 Å². The van der Waals surface area contributed by atoms with Gasteiger partial charge in [-0.25, -0.2) is 0 Å². The monoisotopic (exact) mass is 382 g/mol. The van der Waals surface area contributed by atoms with Crippen LogP contribution in [0, 0.1) is 0 Å². The molecule has 0 heterocycles. The van der Waals surface area contributed by atoms with Crippen molar-refractivity contribution in [3.8, 4) is 0 Å². The Labute approximate surface area is 168 Å². The number of carbonyl (C=O) groups is 2. The first-order valence-electron chi connectivity index (χ1n) is 9.92. The lowest BCUT2D eigenvalue weighted by Gasteiger charge is -2.23. The van der Waals surface area contributed by atoms with Crippen LogP contribution in [0.3, 0.4) is 0 Å². The van der Waals surface area contributed by atoms with E-state index in [4.69, 9.17) is 0 Å². The van der Waals surface area contributed by atoms with Gasteiger partial charge in [0.1, 0.15) is 6.54 Å². The maximum absolute atomic E-state index is 12.6. The van der Waals surface area contributed by atoms with E-state index in [9.17, 15) is 9.59 Å². The van der Waals surface area contributed by atoms with Crippen molar-refractivity contribution in [1.82, 2.24) is 10.6 Å². The van der Waals surface area contributed by atoms with Gasteiger partial charge in [-0.1, -0.05) is 49.4 Å². The number of hydrogen-bond acceptors (Lipinski definition) is 2. The summed E-state index contributed by atoms with van der Waals surface area (Å²) in [6, 6.07) is 17.7. The van der Waals surface area contributed by atoms with E-state index in [1.54, 1.807) is 7.05 Å². The summed E-state index contributed by atoms with van der Waals surface area (Å²) in [5.74, 6) is 0.299. The number of benzene rings is 2.